The molecule has 2 aromatic carbocycles. The maximum Gasteiger partial charge on any atom is 0.257 e. The molecule has 1 aromatic heterocycles. The standard InChI is InChI=1S/C19H17F2N3OS/c1-11-17(12-4-7-14(20)8-5-12)22-19(26-11)23-18(25)13-6-9-16(24(2)3)15(21)10-13/h4-10H,1-3H3,(H,22,23,25). The summed E-state index contributed by atoms with van der Waals surface area (Å²) in [5.74, 6) is -1.23. The lowest BCUT2D eigenvalue weighted by Crippen LogP contribution is -2.14. The number of aryl methyl sites for hydroxylation is 1. The van der Waals surface area contributed by atoms with Crippen LogP contribution in [0.2, 0.25) is 0 Å². The largest absolute Gasteiger partial charge is 0.375 e. The molecule has 0 aliphatic rings. The van der Waals surface area contributed by atoms with Gasteiger partial charge < -0.3 is 4.90 Å². The molecular formula is C19H17F2N3OS. The van der Waals surface area contributed by atoms with Gasteiger partial charge in [0.05, 0.1) is 11.4 Å². The second kappa shape index (κ2) is 7.21. The summed E-state index contributed by atoms with van der Waals surface area (Å²) in [6, 6.07) is 10.3. The van der Waals surface area contributed by atoms with Gasteiger partial charge >= 0.3 is 0 Å². The third kappa shape index (κ3) is 3.72. The van der Waals surface area contributed by atoms with Crippen molar-refractivity contribution < 1.29 is 13.6 Å². The second-order valence-corrected chi connectivity index (χ2v) is 7.15. The highest BCUT2D eigenvalue weighted by Crippen LogP contribution is 2.30. The quantitative estimate of drug-likeness (QED) is 0.720. The topological polar surface area (TPSA) is 45.2 Å². The summed E-state index contributed by atoms with van der Waals surface area (Å²) in [6.07, 6.45) is 0. The molecule has 7 heteroatoms. The van der Waals surface area contributed by atoms with Crippen LogP contribution in [-0.2, 0) is 0 Å². The Bertz CT molecular complexity index is 952. The van der Waals surface area contributed by atoms with Gasteiger partial charge in [-0.25, -0.2) is 13.8 Å². The van der Waals surface area contributed by atoms with Gasteiger partial charge in [0.25, 0.3) is 5.91 Å². The molecule has 0 saturated heterocycles. The molecule has 0 fully saturated rings. The van der Waals surface area contributed by atoms with Gasteiger partial charge in [0, 0.05) is 30.1 Å². The number of anilines is 2. The molecule has 134 valence electrons. The number of hydrogen-bond acceptors (Lipinski definition) is 4. The van der Waals surface area contributed by atoms with Crippen molar-refractivity contribution in [2.24, 2.45) is 0 Å². The molecule has 26 heavy (non-hydrogen) atoms. The second-order valence-electron chi connectivity index (χ2n) is 5.95. The van der Waals surface area contributed by atoms with Crippen molar-refractivity contribution in [1.29, 1.82) is 0 Å². The summed E-state index contributed by atoms with van der Waals surface area (Å²) in [7, 11) is 3.46. The van der Waals surface area contributed by atoms with E-state index >= 15 is 0 Å². The summed E-state index contributed by atoms with van der Waals surface area (Å²) >= 11 is 1.31. The third-order valence-corrected chi connectivity index (χ3v) is 4.71. The third-order valence-electron chi connectivity index (χ3n) is 3.83. The highest BCUT2D eigenvalue weighted by Gasteiger charge is 2.15. The monoisotopic (exact) mass is 373 g/mol. The Morgan fingerprint density at radius 1 is 1.12 bits per heavy atom. The Morgan fingerprint density at radius 2 is 1.81 bits per heavy atom. The van der Waals surface area contributed by atoms with Crippen LogP contribution in [0.1, 0.15) is 15.2 Å². The normalized spacial score (nSPS) is 10.7. The summed E-state index contributed by atoms with van der Waals surface area (Å²) in [5.41, 5.74) is 2.07. The van der Waals surface area contributed by atoms with Crippen LogP contribution in [0.3, 0.4) is 0 Å². The van der Waals surface area contributed by atoms with Crippen LogP contribution in [0.25, 0.3) is 11.3 Å². The molecule has 0 aliphatic carbocycles. The van der Waals surface area contributed by atoms with Gasteiger partial charge in [-0.2, -0.15) is 0 Å². The molecular weight excluding hydrogens is 356 g/mol. The van der Waals surface area contributed by atoms with Crippen molar-refractivity contribution in [1.82, 2.24) is 4.98 Å². The van der Waals surface area contributed by atoms with Gasteiger partial charge in [0.2, 0.25) is 0 Å². The molecule has 0 atom stereocenters. The first kappa shape index (κ1) is 18.0. The van der Waals surface area contributed by atoms with E-state index in [9.17, 15) is 13.6 Å². The maximum absolute atomic E-state index is 14.1. The first-order valence-corrected chi connectivity index (χ1v) is 8.68. The average molecular weight is 373 g/mol. The van der Waals surface area contributed by atoms with Crippen LogP contribution in [0.5, 0.6) is 0 Å². The van der Waals surface area contributed by atoms with Gasteiger partial charge in [-0.15, -0.1) is 11.3 Å². The number of rotatable bonds is 4. The van der Waals surface area contributed by atoms with E-state index in [0.29, 0.717) is 16.5 Å². The fraction of sp³-hybridized carbons (Fsp3) is 0.158. The maximum atomic E-state index is 14.1. The zero-order valence-electron chi connectivity index (χ0n) is 14.5. The number of carbonyl (C=O) groups excluding carboxylic acids is 1. The lowest BCUT2D eigenvalue weighted by Gasteiger charge is -2.13. The lowest BCUT2D eigenvalue weighted by molar-refractivity contribution is 0.102. The molecule has 0 radical (unpaired) electrons. The van der Waals surface area contributed by atoms with Crippen molar-refractivity contribution >= 4 is 28.1 Å². The Hall–Kier alpha value is -2.80. The summed E-state index contributed by atoms with van der Waals surface area (Å²) in [5, 5.41) is 3.10. The predicted octanol–water partition coefficient (Wildman–Crippen LogP) is 4.72. The van der Waals surface area contributed by atoms with E-state index in [-0.39, 0.29) is 11.4 Å². The molecule has 1 amide bonds. The van der Waals surface area contributed by atoms with E-state index in [1.807, 2.05) is 6.92 Å². The number of amides is 1. The molecule has 4 nitrogen and oxygen atoms in total. The van der Waals surface area contributed by atoms with Crippen molar-refractivity contribution in [2.75, 3.05) is 24.3 Å². The zero-order valence-corrected chi connectivity index (χ0v) is 15.3. The number of hydrogen-bond donors (Lipinski definition) is 1. The molecule has 1 heterocycles. The first-order chi connectivity index (χ1) is 12.3. The van der Waals surface area contributed by atoms with Crippen LogP contribution in [0.15, 0.2) is 42.5 Å². The van der Waals surface area contributed by atoms with Crippen LogP contribution in [0, 0.1) is 18.6 Å². The number of nitrogens with one attached hydrogen (secondary N) is 1. The number of nitrogens with zero attached hydrogens (tertiary/aromatic N) is 2. The minimum atomic E-state index is -0.468. The van der Waals surface area contributed by atoms with Gasteiger partial charge in [-0.3, -0.25) is 10.1 Å². The van der Waals surface area contributed by atoms with E-state index in [0.717, 1.165) is 10.4 Å². The summed E-state index contributed by atoms with van der Waals surface area (Å²) < 4.78 is 27.1. The van der Waals surface area contributed by atoms with E-state index in [2.05, 4.69) is 10.3 Å². The van der Waals surface area contributed by atoms with E-state index in [1.165, 1.54) is 29.5 Å². The average Bonchev–Trinajstić information content (AvgIpc) is 2.95. The molecule has 0 aliphatic heterocycles. The van der Waals surface area contributed by atoms with Gasteiger partial charge in [-0.05, 0) is 49.4 Å². The fourth-order valence-electron chi connectivity index (χ4n) is 2.51. The highest BCUT2D eigenvalue weighted by atomic mass is 32.1. The molecule has 1 N–H and O–H groups in total. The Morgan fingerprint density at radius 3 is 2.42 bits per heavy atom. The number of aromatic nitrogens is 1. The molecule has 0 spiro atoms. The predicted molar refractivity (Wildman–Crippen MR) is 101 cm³/mol. The highest BCUT2D eigenvalue weighted by molar-refractivity contribution is 7.16. The number of thiazole rings is 1. The van der Waals surface area contributed by atoms with Crippen LogP contribution >= 0.6 is 11.3 Å². The lowest BCUT2D eigenvalue weighted by atomic mass is 10.1. The number of benzene rings is 2. The number of carbonyl (C=O) groups is 1. The number of halogens is 2. The van der Waals surface area contributed by atoms with Gasteiger partial charge in [-0.1, -0.05) is 0 Å². The summed E-state index contributed by atoms with van der Waals surface area (Å²) in [6.45, 7) is 1.87. The molecule has 3 aromatic rings. The van der Waals surface area contributed by atoms with Crippen LogP contribution in [-0.4, -0.2) is 25.0 Å². The Balaban J connectivity index is 1.81. The van der Waals surface area contributed by atoms with Gasteiger partial charge in [0.1, 0.15) is 11.6 Å². The van der Waals surface area contributed by atoms with Crippen LogP contribution in [0.4, 0.5) is 19.6 Å². The minimum absolute atomic E-state index is 0.212. The molecule has 0 bridgehead atoms. The van der Waals surface area contributed by atoms with Crippen molar-refractivity contribution in [2.45, 2.75) is 6.92 Å². The fourth-order valence-corrected chi connectivity index (χ4v) is 3.34. The summed E-state index contributed by atoms with van der Waals surface area (Å²) in [4.78, 5) is 19.3. The smallest absolute Gasteiger partial charge is 0.257 e. The van der Waals surface area contributed by atoms with Gasteiger partial charge in [0.15, 0.2) is 5.13 Å². The van der Waals surface area contributed by atoms with E-state index in [1.54, 1.807) is 43.3 Å². The van der Waals surface area contributed by atoms with Crippen molar-refractivity contribution in [3.05, 3.63) is 64.5 Å². The van der Waals surface area contributed by atoms with E-state index < -0.39 is 11.7 Å². The van der Waals surface area contributed by atoms with Crippen molar-refractivity contribution in [3.8, 4) is 11.3 Å². The molecule has 0 saturated carbocycles. The minimum Gasteiger partial charge on any atom is -0.375 e. The van der Waals surface area contributed by atoms with E-state index in [4.69, 9.17) is 0 Å². The zero-order chi connectivity index (χ0) is 18.8. The Labute approximate surface area is 154 Å². The van der Waals surface area contributed by atoms with Crippen LogP contribution < -0.4 is 10.2 Å². The van der Waals surface area contributed by atoms with Crippen molar-refractivity contribution in [3.63, 3.8) is 0 Å². The molecule has 0 unspecified atom stereocenters. The Kier molecular flexibility index (Phi) is 4.99. The first-order valence-electron chi connectivity index (χ1n) is 7.86. The SMILES string of the molecule is Cc1sc(NC(=O)c2ccc(N(C)C)c(F)c2)nc1-c1ccc(F)cc1. The molecule has 3 rings (SSSR count).